The fourth-order valence-electron chi connectivity index (χ4n) is 1.66. The minimum absolute atomic E-state index is 0.598. The smallest absolute Gasteiger partial charge is 0.379 e. The van der Waals surface area contributed by atoms with E-state index in [-0.39, 0.29) is 0 Å². The molecule has 0 aromatic carbocycles. The van der Waals surface area contributed by atoms with Crippen LogP contribution in [-0.4, -0.2) is 28.9 Å². The van der Waals surface area contributed by atoms with Gasteiger partial charge >= 0.3 is 10.4 Å². The SMILES string of the molecule is CCCCCCCCCCCC(N)O.O=S(=O)(O)O. The molecule has 0 rings (SSSR count). The van der Waals surface area contributed by atoms with Gasteiger partial charge in [-0.15, -0.1) is 0 Å². The summed E-state index contributed by atoms with van der Waals surface area (Å²) in [6.45, 7) is 2.25. The normalized spacial score (nSPS) is 12.7. The molecule has 0 radical (unpaired) electrons. The molecule has 7 heteroatoms. The quantitative estimate of drug-likeness (QED) is 0.279. The molecule has 0 aliphatic heterocycles. The van der Waals surface area contributed by atoms with E-state index >= 15 is 0 Å². The third kappa shape index (κ3) is 38.1. The lowest BCUT2D eigenvalue weighted by Crippen LogP contribution is -2.17. The fraction of sp³-hybridized carbons (Fsp3) is 1.00. The zero-order chi connectivity index (χ0) is 15.1. The number of hydrogen-bond donors (Lipinski definition) is 4. The van der Waals surface area contributed by atoms with E-state index in [9.17, 15) is 0 Å². The molecule has 118 valence electrons. The summed E-state index contributed by atoms with van der Waals surface area (Å²) in [6, 6.07) is 0. The van der Waals surface area contributed by atoms with Gasteiger partial charge < -0.3 is 10.8 Å². The van der Waals surface area contributed by atoms with E-state index in [0.717, 1.165) is 12.8 Å². The summed E-state index contributed by atoms with van der Waals surface area (Å²) in [5.74, 6) is 0. The third-order valence-corrected chi connectivity index (χ3v) is 2.60. The van der Waals surface area contributed by atoms with Crippen molar-refractivity contribution < 1.29 is 22.6 Å². The van der Waals surface area contributed by atoms with E-state index in [0.29, 0.717) is 0 Å². The molecule has 0 heterocycles. The Morgan fingerprint density at radius 3 is 1.53 bits per heavy atom. The number of aliphatic hydroxyl groups excluding tert-OH is 1. The lowest BCUT2D eigenvalue weighted by atomic mass is 10.1. The van der Waals surface area contributed by atoms with Crippen LogP contribution in [0.25, 0.3) is 0 Å². The van der Waals surface area contributed by atoms with Crippen molar-refractivity contribution in [2.45, 2.75) is 77.4 Å². The van der Waals surface area contributed by atoms with Crippen LogP contribution in [0, 0.1) is 0 Å². The molecule has 0 saturated heterocycles. The molecule has 1 atom stereocenters. The molecule has 0 spiro atoms. The zero-order valence-corrected chi connectivity index (χ0v) is 12.6. The lowest BCUT2D eigenvalue weighted by Gasteiger charge is -2.03. The maximum absolute atomic E-state index is 8.83. The number of hydrogen-bond acceptors (Lipinski definition) is 4. The Morgan fingerprint density at radius 2 is 1.21 bits per heavy atom. The lowest BCUT2D eigenvalue weighted by molar-refractivity contribution is 0.168. The van der Waals surface area contributed by atoms with Crippen molar-refractivity contribution in [3.8, 4) is 0 Å². The van der Waals surface area contributed by atoms with Gasteiger partial charge in [-0.25, -0.2) is 0 Å². The summed E-state index contributed by atoms with van der Waals surface area (Å²) in [4.78, 5) is 0. The van der Waals surface area contributed by atoms with E-state index in [4.69, 9.17) is 28.4 Å². The van der Waals surface area contributed by atoms with Gasteiger partial charge in [0, 0.05) is 0 Å². The van der Waals surface area contributed by atoms with Gasteiger partial charge in [0.05, 0.1) is 0 Å². The largest absolute Gasteiger partial charge is 0.394 e. The summed E-state index contributed by atoms with van der Waals surface area (Å²) in [7, 11) is -4.67. The monoisotopic (exact) mass is 299 g/mol. The first-order chi connectivity index (χ1) is 8.77. The van der Waals surface area contributed by atoms with Gasteiger partial charge in [0.25, 0.3) is 0 Å². The molecule has 0 bridgehead atoms. The predicted octanol–water partition coefficient (Wildman–Crippen LogP) is 2.53. The molecule has 0 aliphatic carbocycles. The van der Waals surface area contributed by atoms with E-state index in [1.807, 2.05) is 0 Å². The topological polar surface area (TPSA) is 121 Å². The summed E-state index contributed by atoms with van der Waals surface area (Å²) in [6.07, 6.45) is 12.0. The van der Waals surface area contributed by atoms with E-state index in [2.05, 4.69) is 6.92 Å². The molecule has 19 heavy (non-hydrogen) atoms. The Morgan fingerprint density at radius 1 is 0.895 bits per heavy atom. The molecule has 0 fully saturated rings. The van der Waals surface area contributed by atoms with E-state index < -0.39 is 16.6 Å². The highest BCUT2D eigenvalue weighted by molar-refractivity contribution is 7.79. The summed E-state index contributed by atoms with van der Waals surface area (Å²) < 4.78 is 31.6. The van der Waals surface area contributed by atoms with Crippen LogP contribution in [0.3, 0.4) is 0 Å². The van der Waals surface area contributed by atoms with Gasteiger partial charge in [-0.3, -0.25) is 9.11 Å². The molecular formula is C12H29NO5S. The highest BCUT2D eigenvalue weighted by Gasteiger charge is 1.95. The second kappa shape index (κ2) is 14.2. The van der Waals surface area contributed by atoms with Gasteiger partial charge in [0.1, 0.15) is 6.23 Å². The van der Waals surface area contributed by atoms with Crippen molar-refractivity contribution in [2.75, 3.05) is 0 Å². The average Bonchev–Trinajstić information content (AvgIpc) is 2.24. The summed E-state index contributed by atoms with van der Waals surface area (Å²) >= 11 is 0. The molecule has 0 aromatic heterocycles. The highest BCUT2D eigenvalue weighted by Crippen LogP contribution is 2.10. The number of rotatable bonds is 10. The van der Waals surface area contributed by atoms with Crippen LogP contribution in [0.4, 0.5) is 0 Å². The molecular weight excluding hydrogens is 270 g/mol. The Balaban J connectivity index is 0. The Hall–Kier alpha value is -0.210. The Kier molecular flexibility index (Phi) is 15.8. The van der Waals surface area contributed by atoms with Crippen LogP contribution in [0.15, 0.2) is 0 Å². The minimum atomic E-state index is -4.67. The Bertz CT molecular complexity index is 259. The Labute approximate surface area is 117 Å². The molecule has 6 nitrogen and oxygen atoms in total. The number of aliphatic hydroxyl groups is 1. The van der Waals surface area contributed by atoms with Gasteiger partial charge in [0.2, 0.25) is 0 Å². The van der Waals surface area contributed by atoms with Gasteiger partial charge in [-0.05, 0) is 12.8 Å². The molecule has 0 amide bonds. The first-order valence-electron chi connectivity index (χ1n) is 6.91. The summed E-state index contributed by atoms with van der Waals surface area (Å²) in [5, 5.41) is 8.83. The number of unbranched alkanes of at least 4 members (excludes halogenated alkanes) is 8. The first kappa shape index (κ1) is 21.1. The highest BCUT2D eigenvalue weighted by atomic mass is 32.3. The van der Waals surface area contributed by atoms with Crippen molar-refractivity contribution >= 4 is 10.4 Å². The molecule has 0 aliphatic rings. The third-order valence-electron chi connectivity index (χ3n) is 2.60. The predicted molar refractivity (Wildman–Crippen MR) is 76.2 cm³/mol. The van der Waals surface area contributed by atoms with Crippen molar-refractivity contribution in [1.82, 2.24) is 0 Å². The van der Waals surface area contributed by atoms with Crippen LogP contribution in [-0.2, 0) is 10.4 Å². The van der Waals surface area contributed by atoms with Gasteiger partial charge in [0.15, 0.2) is 0 Å². The average molecular weight is 299 g/mol. The van der Waals surface area contributed by atoms with Crippen molar-refractivity contribution in [3.05, 3.63) is 0 Å². The molecule has 5 N–H and O–H groups in total. The van der Waals surface area contributed by atoms with Crippen LogP contribution in [0.1, 0.15) is 71.1 Å². The van der Waals surface area contributed by atoms with Crippen molar-refractivity contribution in [2.24, 2.45) is 5.73 Å². The maximum atomic E-state index is 8.83. The fourth-order valence-corrected chi connectivity index (χ4v) is 1.66. The van der Waals surface area contributed by atoms with Crippen LogP contribution in [0.5, 0.6) is 0 Å². The van der Waals surface area contributed by atoms with E-state index in [1.54, 1.807) is 0 Å². The zero-order valence-electron chi connectivity index (χ0n) is 11.8. The van der Waals surface area contributed by atoms with Crippen molar-refractivity contribution in [1.29, 1.82) is 0 Å². The first-order valence-corrected chi connectivity index (χ1v) is 8.30. The standard InChI is InChI=1S/C12H27NO.H2O4S/c1-2-3-4-5-6-7-8-9-10-11-12(13)14;1-5(2,3)4/h12,14H,2-11,13H2,1H3;(H2,1,2,3,4). The van der Waals surface area contributed by atoms with Gasteiger partial charge in [-0.1, -0.05) is 58.3 Å². The number of nitrogens with two attached hydrogens (primary N) is 1. The molecule has 0 saturated carbocycles. The molecule has 0 aromatic rings. The van der Waals surface area contributed by atoms with Gasteiger partial charge in [-0.2, -0.15) is 8.42 Å². The van der Waals surface area contributed by atoms with Crippen LogP contribution >= 0.6 is 0 Å². The van der Waals surface area contributed by atoms with E-state index in [1.165, 1.54) is 51.4 Å². The van der Waals surface area contributed by atoms with Crippen LogP contribution in [0.2, 0.25) is 0 Å². The van der Waals surface area contributed by atoms with Crippen LogP contribution < -0.4 is 5.73 Å². The minimum Gasteiger partial charge on any atom is -0.379 e. The summed E-state index contributed by atoms with van der Waals surface area (Å²) in [5.41, 5.74) is 5.24. The second-order valence-electron chi connectivity index (χ2n) is 4.63. The van der Waals surface area contributed by atoms with Crippen molar-refractivity contribution in [3.63, 3.8) is 0 Å². The maximum Gasteiger partial charge on any atom is 0.394 e. The second-order valence-corrected chi connectivity index (χ2v) is 5.53. The molecule has 1 unspecified atom stereocenters.